The summed E-state index contributed by atoms with van der Waals surface area (Å²) in [4.78, 5) is 9.92. The molecule has 3 rings (SSSR count). The number of carbonyl (C=O) groups is 1. The lowest BCUT2D eigenvalue weighted by molar-refractivity contribution is -0.105. The van der Waals surface area contributed by atoms with Gasteiger partial charge in [-0.25, -0.2) is 17.6 Å². The number of nitrogens with one attached hydrogen (secondary N) is 2. The van der Waals surface area contributed by atoms with Gasteiger partial charge in [0.05, 0.1) is 8.81 Å². The molecule has 2 N–H and O–H groups in total. The van der Waals surface area contributed by atoms with E-state index in [4.69, 9.17) is 11.6 Å². The van der Waals surface area contributed by atoms with Gasteiger partial charge in [-0.3, -0.25) is 4.79 Å². The van der Waals surface area contributed by atoms with Crippen molar-refractivity contribution in [2.24, 2.45) is 0 Å². The third-order valence-electron chi connectivity index (χ3n) is 2.79. The van der Waals surface area contributed by atoms with Crippen molar-refractivity contribution < 1.29 is 13.4 Å². The highest BCUT2D eigenvalue weighted by atomic mass is 79.9. The number of nitrogens with zero attached hydrogens (tertiary/aromatic N) is 1. The van der Waals surface area contributed by atoms with Gasteiger partial charge in [0.1, 0.15) is 5.82 Å². The number of amides is 1. The summed E-state index contributed by atoms with van der Waals surface area (Å²) in [5.74, 6) is -0.497. The maximum absolute atomic E-state index is 12.5. The number of hydrogen-bond donors (Lipinski definition) is 2. The van der Waals surface area contributed by atoms with Crippen LogP contribution in [0.1, 0.15) is 6.42 Å². The fourth-order valence-corrected chi connectivity index (χ4v) is 3.50. The first kappa shape index (κ1) is 22.2. The second kappa shape index (κ2) is 12.5. The number of anilines is 1. The van der Waals surface area contributed by atoms with Gasteiger partial charge in [0.2, 0.25) is 6.41 Å². The molecule has 1 atom stereocenters. The highest BCUT2D eigenvalue weighted by Crippen LogP contribution is 2.18. The highest BCUT2D eigenvalue weighted by molar-refractivity contribution is 9.11. The summed E-state index contributed by atoms with van der Waals surface area (Å²) in [5.41, 5.74) is 0.478. The summed E-state index contributed by atoms with van der Waals surface area (Å²) in [6.45, 7) is 1.83. The van der Waals surface area contributed by atoms with E-state index in [1.807, 2.05) is 24.6 Å². The van der Waals surface area contributed by atoms with Gasteiger partial charge in [0.25, 0.3) is 0 Å². The summed E-state index contributed by atoms with van der Waals surface area (Å²) in [5, 5.41) is 4.37. The number of halogens is 3. The van der Waals surface area contributed by atoms with Crippen molar-refractivity contribution in [3.63, 3.8) is 0 Å². The number of rotatable bonds is 2. The fraction of sp³-hybridized carbons (Fsp3) is 0.267. The molecule has 1 amide bonds. The van der Waals surface area contributed by atoms with Gasteiger partial charge in [-0.15, -0.1) is 11.3 Å². The lowest BCUT2D eigenvalue weighted by Crippen LogP contribution is -2.39. The van der Waals surface area contributed by atoms with Crippen LogP contribution in [0, 0.1) is 5.82 Å². The van der Waals surface area contributed by atoms with Gasteiger partial charge in [-0.1, -0.05) is 17.7 Å². The zero-order chi connectivity index (χ0) is 18.7. The van der Waals surface area contributed by atoms with E-state index in [-0.39, 0.29) is 5.02 Å². The van der Waals surface area contributed by atoms with Crippen LogP contribution in [0.2, 0.25) is 5.02 Å². The molecule has 1 fully saturated rings. The van der Waals surface area contributed by atoms with E-state index in [0.717, 1.165) is 19.5 Å². The second-order valence-corrected chi connectivity index (χ2v) is 8.80. The van der Waals surface area contributed by atoms with Crippen LogP contribution in [0.4, 0.5) is 10.1 Å². The molecular formula is C15H18BrClFN3O2S2. The van der Waals surface area contributed by atoms with Crippen molar-refractivity contribution in [2.75, 3.05) is 25.5 Å². The summed E-state index contributed by atoms with van der Waals surface area (Å²) >= 11 is 9.51. The van der Waals surface area contributed by atoms with Crippen LogP contribution >= 0.6 is 38.9 Å². The van der Waals surface area contributed by atoms with E-state index in [1.165, 1.54) is 22.0 Å². The average Bonchev–Trinajstić information content (AvgIpc) is 3.06. The molecule has 0 bridgehead atoms. The smallest absolute Gasteiger partial charge is 0.211 e. The number of hydrogen-bond acceptors (Lipinski definition) is 3. The van der Waals surface area contributed by atoms with Gasteiger partial charge >= 0.3 is 0 Å². The molecule has 0 aliphatic carbocycles. The Morgan fingerprint density at radius 1 is 1.48 bits per heavy atom. The Morgan fingerprint density at radius 3 is 2.64 bits per heavy atom. The average molecular weight is 471 g/mol. The minimum atomic E-state index is -0.902. The van der Waals surface area contributed by atoms with Crippen molar-refractivity contribution in [3.8, 4) is 0 Å². The minimum Gasteiger partial charge on any atom is -0.329 e. The van der Waals surface area contributed by atoms with Crippen molar-refractivity contribution in [1.29, 1.82) is 0 Å². The molecule has 0 spiro atoms. The Bertz CT molecular complexity index is 677. The van der Waals surface area contributed by atoms with Crippen LogP contribution in [-0.4, -0.2) is 35.1 Å². The standard InChI is InChI=1S/C7H5ClFNO.C4H3BrS.C4H10N2OS/c8-6-3-5(10-4-11)1-2-7(6)9;5-4-2-1-3-6-4;1-6-4-2-3-5-8(6)7/h1-4H,(H,10,11);1-3H;5H,2-4H2,1H3. The number of thiophene rings is 1. The van der Waals surface area contributed by atoms with E-state index in [0.29, 0.717) is 12.1 Å². The summed E-state index contributed by atoms with van der Waals surface area (Å²) < 4.78 is 29.0. The van der Waals surface area contributed by atoms with Gasteiger partial charge in [-0.05, 0) is 52.0 Å². The van der Waals surface area contributed by atoms with Crippen LogP contribution < -0.4 is 10.0 Å². The third-order valence-corrected chi connectivity index (χ3v) is 5.76. The highest BCUT2D eigenvalue weighted by Gasteiger charge is 2.10. The molecule has 1 aromatic carbocycles. The van der Waals surface area contributed by atoms with E-state index >= 15 is 0 Å². The summed E-state index contributed by atoms with van der Waals surface area (Å²) in [6, 6.07) is 7.98. The molecule has 1 unspecified atom stereocenters. The van der Waals surface area contributed by atoms with Gasteiger partial charge in [0.15, 0.2) is 11.2 Å². The maximum Gasteiger partial charge on any atom is 0.211 e. The number of benzene rings is 1. The molecule has 2 aromatic rings. The largest absolute Gasteiger partial charge is 0.329 e. The van der Waals surface area contributed by atoms with Crippen LogP contribution in [-0.2, 0) is 16.0 Å². The normalized spacial score (nSPS) is 16.7. The Kier molecular flexibility index (Phi) is 11.1. The topological polar surface area (TPSA) is 61.4 Å². The first-order valence-corrected chi connectivity index (χ1v) is 10.3. The lowest BCUT2D eigenvalue weighted by Gasteiger charge is -2.20. The van der Waals surface area contributed by atoms with Crippen LogP contribution in [0.15, 0.2) is 39.5 Å². The van der Waals surface area contributed by atoms with Gasteiger partial charge in [0, 0.05) is 25.8 Å². The van der Waals surface area contributed by atoms with Crippen molar-refractivity contribution in [1.82, 2.24) is 9.03 Å². The molecule has 1 aliphatic heterocycles. The molecule has 1 aliphatic rings. The molecule has 10 heteroatoms. The minimum absolute atomic E-state index is 0.00292. The Balaban J connectivity index is 0.000000197. The second-order valence-electron chi connectivity index (χ2n) is 4.66. The predicted octanol–water partition coefficient (Wildman–Crippen LogP) is 4.05. The zero-order valence-electron chi connectivity index (χ0n) is 13.4. The van der Waals surface area contributed by atoms with Gasteiger partial charge in [-0.2, -0.15) is 0 Å². The van der Waals surface area contributed by atoms with E-state index in [2.05, 4.69) is 26.0 Å². The van der Waals surface area contributed by atoms with Gasteiger partial charge < -0.3 is 5.32 Å². The molecule has 25 heavy (non-hydrogen) atoms. The predicted molar refractivity (Wildman–Crippen MR) is 107 cm³/mol. The maximum atomic E-state index is 12.5. The van der Waals surface area contributed by atoms with E-state index in [1.54, 1.807) is 15.6 Å². The molecule has 1 aromatic heterocycles. The van der Waals surface area contributed by atoms with Crippen molar-refractivity contribution in [3.05, 3.63) is 50.3 Å². The third kappa shape index (κ3) is 9.43. The van der Waals surface area contributed by atoms with Crippen molar-refractivity contribution in [2.45, 2.75) is 6.42 Å². The molecule has 1 saturated heterocycles. The fourth-order valence-electron chi connectivity index (χ4n) is 1.57. The molecule has 5 nitrogen and oxygen atoms in total. The molecule has 0 radical (unpaired) electrons. The van der Waals surface area contributed by atoms with Crippen LogP contribution in [0.25, 0.3) is 0 Å². The molecule has 0 saturated carbocycles. The zero-order valence-corrected chi connectivity index (χ0v) is 17.4. The van der Waals surface area contributed by atoms with E-state index < -0.39 is 17.0 Å². The Morgan fingerprint density at radius 2 is 2.24 bits per heavy atom. The van der Waals surface area contributed by atoms with Crippen molar-refractivity contribution >= 4 is 62.1 Å². The Hall–Kier alpha value is -0.840. The first-order valence-electron chi connectivity index (χ1n) is 7.14. The summed E-state index contributed by atoms with van der Waals surface area (Å²) in [6.07, 6.45) is 1.60. The first-order chi connectivity index (χ1) is 11.9. The lowest BCUT2D eigenvalue weighted by atomic mass is 10.3. The molecular weight excluding hydrogens is 453 g/mol. The van der Waals surface area contributed by atoms with Crippen LogP contribution in [0.3, 0.4) is 0 Å². The SMILES string of the molecule is Brc1cccs1.CN1CCCNS1=O.O=CNc1ccc(F)c(Cl)c1. The Labute approximate surface area is 166 Å². The summed E-state index contributed by atoms with van der Waals surface area (Å²) in [7, 11) is 1.85. The molecule has 2 heterocycles. The monoisotopic (exact) mass is 469 g/mol. The van der Waals surface area contributed by atoms with E-state index in [9.17, 15) is 13.4 Å². The number of carbonyl (C=O) groups excluding carboxylic acids is 1. The quantitative estimate of drug-likeness (QED) is 0.651. The molecule has 138 valence electrons. The van der Waals surface area contributed by atoms with Crippen LogP contribution in [0.5, 0.6) is 0 Å².